The highest BCUT2D eigenvalue weighted by Gasteiger charge is 2.21. The number of unbranched alkanes of at least 4 members (excludes halogenated alkanes) is 16. The van der Waals surface area contributed by atoms with Gasteiger partial charge in [0.05, 0.1) is 13.2 Å². The Balaban J connectivity index is 2.23. The summed E-state index contributed by atoms with van der Waals surface area (Å²) in [5, 5.41) is 0. The van der Waals surface area contributed by atoms with Crippen LogP contribution in [0.25, 0.3) is 0 Å². The highest BCUT2D eigenvalue weighted by atomic mass is 32.9. The first kappa shape index (κ1) is 31.2. The maximum Gasteiger partial charge on any atom is 0.252 e. The molecule has 0 spiro atoms. The van der Waals surface area contributed by atoms with Crippen molar-refractivity contribution in [2.24, 2.45) is 0 Å². The summed E-state index contributed by atoms with van der Waals surface area (Å²) in [5.41, 5.74) is -2.34. The van der Waals surface area contributed by atoms with Crippen LogP contribution < -0.4 is 0 Å². The van der Waals surface area contributed by atoms with Crippen molar-refractivity contribution in [2.45, 2.75) is 134 Å². The molecule has 0 amide bonds. The normalized spacial score (nSPS) is 11.8. The lowest BCUT2D eigenvalue weighted by atomic mass is 10.1. The van der Waals surface area contributed by atoms with Crippen molar-refractivity contribution in [2.75, 3.05) is 13.2 Å². The Labute approximate surface area is 215 Å². The second-order valence-electron chi connectivity index (χ2n) is 9.17. The predicted octanol–water partition coefficient (Wildman–Crippen LogP) is 11.1. The van der Waals surface area contributed by atoms with Crippen LogP contribution in [0.15, 0.2) is 35.2 Å². The third kappa shape index (κ3) is 19.1. The lowest BCUT2D eigenvalue weighted by molar-refractivity contribution is 0.249. The van der Waals surface area contributed by atoms with Crippen LogP contribution in [-0.2, 0) is 20.9 Å². The van der Waals surface area contributed by atoms with Crippen LogP contribution in [0.5, 0.6) is 0 Å². The minimum atomic E-state index is -2.34. The number of rotatable bonds is 24. The van der Waals surface area contributed by atoms with Crippen LogP contribution >= 0.6 is 17.1 Å². The molecule has 0 aliphatic rings. The van der Waals surface area contributed by atoms with Crippen LogP contribution in [0, 0.1) is 0 Å². The molecular weight excluding hydrogens is 463 g/mol. The van der Waals surface area contributed by atoms with Gasteiger partial charge in [-0.3, -0.25) is 0 Å². The highest BCUT2D eigenvalue weighted by molar-refractivity contribution is 8.67. The van der Waals surface area contributed by atoms with Crippen LogP contribution in [0.1, 0.15) is 129 Å². The van der Waals surface area contributed by atoms with E-state index in [2.05, 4.69) is 38.1 Å². The Morgan fingerprint density at radius 2 is 0.939 bits per heavy atom. The van der Waals surface area contributed by atoms with Crippen molar-refractivity contribution in [1.29, 1.82) is 0 Å². The van der Waals surface area contributed by atoms with E-state index in [1.807, 2.05) is 6.07 Å². The van der Waals surface area contributed by atoms with Crippen LogP contribution in [0.3, 0.4) is 0 Å². The first-order valence-corrected chi connectivity index (χ1v) is 17.9. The average molecular weight is 515 g/mol. The summed E-state index contributed by atoms with van der Waals surface area (Å²) in [5.74, 6) is 0. The molecule has 33 heavy (non-hydrogen) atoms. The molecule has 0 aliphatic carbocycles. The van der Waals surface area contributed by atoms with Gasteiger partial charge in [-0.25, -0.2) is 0 Å². The minimum Gasteiger partial charge on any atom is -0.321 e. The van der Waals surface area contributed by atoms with E-state index < -0.39 is 5.69 Å². The van der Waals surface area contributed by atoms with Crippen molar-refractivity contribution >= 4 is 28.9 Å². The van der Waals surface area contributed by atoms with Crippen molar-refractivity contribution in [3.63, 3.8) is 0 Å². The predicted molar refractivity (Wildman–Crippen MR) is 153 cm³/mol. The average Bonchev–Trinajstić information content (AvgIpc) is 2.82. The molecule has 0 atom stereocenters. The van der Waals surface area contributed by atoms with E-state index in [-0.39, 0.29) is 0 Å². The second-order valence-corrected chi connectivity index (χ2v) is 15.4. The summed E-state index contributed by atoms with van der Waals surface area (Å²) in [4.78, 5) is 1.15. The van der Waals surface area contributed by atoms with Gasteiger partial charge in [-0.05, 0) is 48.2 Å². The highest BCUT2D eigenvalue weighted by Crippen LogP contribution is 2.64. The third-order valence-corrected chi connectivity index (χ3v) is 10.9. The fraction of sp³-hybridized carbons (Fsp3) is 0.786. The van der Waals surface area contributed by atoms with Gasteiger partial charge in [-0.1, -0.05) is 135 Å². The lowest BCUT2D eigenvalue weighted by Crippen LogP contribution is -1.98. The van der Waals surface area contributed by atoms with Crippen molar-refractivity contribution in [1.82, 2.24) is 0 Å². The van der Waals surface area contributed by atoms with Gasteiger partial charge in [0.2, 0.25) is 0 Å². The molecule has 0 heterocycles. The lowest BCUT2D eigenvalue weighted by Gasteiger charge is -2.21. The van der Waals surface area contributed by atoms with Gasteiger partial charge in [-0.15, -0.1) is 0 Å². The third-order valence-electron chi connectivity index (χ3n) is 5.96. The van der Waals surface area contributed by atoms with E-state index in [4.69, 9.17) is 20.9 Å². The molecule has 5 heteroatoms. The van der Waals surface area contributed by atoms with Crippen molar-refractivity contribution in [3.05, 3.63) is 30.3 Å². The van der Waals surface area contributed by atoms with Gasteiger partial charge >= 0.3 is 0 Å². The molecule has 0 aliphatic heterocycles. The summed E-state index contributed by atoms with van der Waals surface area (Å²) in [7, 11) is 0. The first-order valence-electron chi connectivity index (χ1n) is 13.8. The maximum absolute atomic E-state index is 6.24. The fourth-order valence-electron chi connectivity index (χ4n) is 3.88. The largest absolute Gasteiger partial charge is 0.321 e. The molecule has 1 aromatic rings. The van der Waals surface area contributed by atoms with Gasteiger partial charge in [-0.2, -0.15) is 0 Å². The quantitative estimate of drug-likeness (QED) is 0.101. The van der Waals surface area contributed by atoms with Gasteiger partial charge in [0, 0.05) is 4.90 Å². The van der Waals surface area contributed by atoms with E-state index in [9.17, 15) is 0 Å². The molecule has 0 bridgehead atoms. The van der Waals surface area contributed by atoms with Gasteiger partial charge < -0.3 is 9.05 Å². The molecule has 1 aromatic carbocycles. The Hall–Kier alpha value is 0.140. The molecule has 0 saturated carbocycles. The summed E-state index contributed by atoms with van der Waals surface area (Å²) < 4.78 is 12.5. The molecular formula is C28H51O2PS2. The Morgan fingerprint density at radius 3 is 1.33 bits per heavy atom. The summed E-state index contributed by atoms with van der Waals surface area (Å²) in [6.07, 6.45) is 23.7. The number of hydrogen-bond donors (Lipinski definition) is 0. The molecule has 192 valence electrons. The zero-order valence-electron chi connectivity index (χ0n) is 21.6. The SMILES string of the molecule is CCCCCCCCCCCOP(=S)(OCCCCCCCCCCC)Sc1ccccc1. The Bertz CT molecular complexity index is 555. The summed E-state index contributed by atoms with van der Waals surface area (Å²) >= 11 is 7.57. The van der Waals surface area contributed by atoms with Gasteiger partial charge in [0.1, 0.15) is 0 Å². The molecule has 0 N–H and O–H groups in total. The molecule has 0 aromatic heterocycles. The molecule has 0 unspecified atom stereocenters. The van der Waals surface area contributed by atoms with E-state index in [0.717, 1.165) is 31.0 Å². The maximum atomic E-state index is 6.24. The van der Waals surface area contributed by atoms with Gasteiger partial charge in [0.15, 0.2) is 0 Å². The van der Waals surface area contributed by atoms with E-state index in [1.54, 1.807) is 11.4 Å². The number of hydrogen-bond acceptors (Lipinski definition) is 4. The zero-order valence-corrected chi connectivity index (χ0v) is 24.1. The standard InChI is InChI=1S/C28H51O2PS2/c1-3-5-7-9-11-13-15-17-22-26-29-31(32,33-28-24-20-19-21-25-28)30-27-23-18-16-14-12-10-8-6-4-2/h19-21,24-25H,3-18,22-23,26-27H2,1-2H3. The molecule has 0 radical (unpaired) electrons. The smallest absolute Gasteiger partial charge is 0.252 e. The summed E-state index contributed by atoms with van der Waals surface area (Å²) in [6, 6.07) is 10.4. The zero-order chi connectivity index (χ0) is 23.9. The molecule has 1 rings (SSSR count). The van der Waals surface area contributed by atoms with E-state index in [0.29, 0.717) is 0 Å². The first-order chi connectivity index (χ1) is 16.2. The Kier molecular flexibility index (Phi) is 21.3. The molecule has 0 fully saturated rings. The van der Waals surface area contributed by atoms with Gasteiger partial charge in [0.25, 0.3) is 5.69 Å². The van der Waals surface area contributed by atoms with Crippen molar-refractivity contribution < 1.29 is 9.05 Å². The minimum absolute atomic E-state index is 0.727. The van der Waals surface area contributed by atoms with E-state index in [1.165, 1.54) is 103 Å². The molecule has 0 saturated heterocycles. The van der Waals surface area contributed by atoms with Crippen LogP contribution in [0.2, 0.25) is 0 Å². The molecule has 2 nitrogen and oxygen atoms in total. The fourth-order valence-corrected chi connectivity index (χ4v) is 8.43. The van der Waals surface area contributed by atoms with Crippen LogP contribution in [0.4, 0.5) is 0 Å². The Morgan fingerprint density at radius 1 is 0.576 bits per heavy atom. The van der Waals surface area contributed by atoms with Crippen LogP contribution in [-0.4, -0.2) is 13.2 Å². The van der Waals surface area contributed by atoms with E-state index >= 15 is 0 Å². The second kappa shape index (κ2) is 22.6. The van der Waals surface area contributed by atoms with Crippen molar-refractivity contribution in [3.8, 4) is 0 Å². The monoisotopic (exact) mass is 514 g/mol. The number of benzene rings is 1. The topological polar surface area (TPSA) is 18.5 Å². The summed E-state index contributed by atoms with van der Waals surface area (Å²) in [6.45, 7) is 6.01.